The monoisotopic (exact) mass is 435 g/mol. The van der Waals surface area contributed by atoms with Crippen LogP contribution in [0.4, 0.5) is 0 Å². The summed E-state index contributed by atoms with van der Waals surface area (Å²) in [6.07, 6.45) is 2.00. The van der Waals surface area contributed by atoms with Crippen LogP contribution in [0.25, 0.3) is 10.9 Å². The lowest BCUT2D eigenvalue weighted by molar-refractivity contribution is 0.0910. The van der Waals surface area contributed by atoms with Crippen molar-refractivity contribution in [3.63, 3.8) is 0 Å². The number of aromatic nitrogens is 4. The molecule has 0 aliphatic heterocycles. The van der Waals surface area contributed by atoms with Gasteiger partial charge in [-0.15, -0.1) is 0 Å². The van der Waals surface area contributed by atoms with Crippen LogP contribution < -0.4 is 20.3 Å². The summed E-state index contributed by atoms with van der Waals surface area (Å²) in [5, 5.41) is 7.03. The van der Waals surface area contributed by atoms with Gasteiger partial charge < -0.3 is 19.3 Å². The van der Waals surface area contributed by atoms with Crippen molar-refractivity contribution in [2.75, 3.05) is 20.8 Å². The fourth-order valence-electron chi connectivity index (χ4n) is 3.21. The average Bonchev–Trinajstić information content (AvgIpc) is 3.29. The quantitative estimate of drug-likeness (QED) is 0.445. The van der Waals surface area contributed by atoms with E-state index in [-0.39, 0.29) is 23.8 Å². The molecule has 10 heteroatoms. The fraction of sp³-hybridized carbons (Fsp3) is 0.227. The first-order valence-electron chi connectivity index (χ1n) is 9.85. The summed E-state index contributed by atoms with van der Waals surface area (Å²) in [5.74, 6) is 0.798. The molecule has 10 nitrogen and oxygen atoms in total. The highest BCUT2D eigenvalue weighted by atomic mass is 16.5. The summed E-state index contributed by atoms with van der Waals surface area (Å²) < 4.78 is 16.9. The smallest absolute Gasteiger partial charge is 0.316 e. The molecule has 0 bridgehead atoms. The van der Waals surface area contributed by atoms with Gasteiger partial charge in [-0.25, -0.2) is 4.98 Å². The number of benzene rings is 2. The van der Waals surface area contributed by atoms with Crippen LogP contribution in [0.5, 0.6) is 11.5 Å². The van der Waals surface area contributed by atoms with Gasteiger partial charge in [0.1, 0.15) is 0 Å². The third-order valence-corrected chi connectivity index (χ3v) is 4.85. The van der Waals surface area contributed by atoms with Gasteiger partial charge in [-0.1, -0.05) is 23.4 Å². The highest BCUT2D eigenvalue weighted by Gasteiger charge is 2.16. The molecule has 164 valence electrons. The maximum absolute atomic E-state index is 12.6. The summed E-state index contributed by atoms with van der Waals surface area (Å²) in [4.78, 5) is 33.3. The Morgan fingerprint density at radius 3 is 2.75 bits per heavy atom. The van der Waals surface area contributed by atoms with E-state index in [2.05, 4.69) is 20.4 Å². The van der Waals surface area contributed by atoms with E-state index < -0.39 is 5.91 Å². The number of rotatable bonds is 8. The lowest BCUT2D eigenvalue weighted by atomic mass is 10.1. The molecular weight excluding hydrogens is 414 g/mol. The molecule has 0 radical (unpaired) electrons. The Hall–Kier alpha value is -4.21. The van der Waals surface area contributed by atoms with Gasteiger partial charge in [-0.2, -0.15) is 4.98 Å². The molecule has 2 aromatic heterocycles. The minimum atomic E-state index is -0.492. The summed E-state index contributed by atoms with van der Waals surface area (Å²) in [7, 11) is 3.14. The second-order valence-electron chi connectivity index (χ2n) is 6.91. The number of ether oxygens (including phenoxy) is 2. The van der Waals surface area contributed by atoms with Gasteiger partial charge in [0.15, 0.2) is 17.3 Å². The zero-order chi connectivity index (χ0) is 22.5. The number of hydrogen-bond acceptors (Lipinski definition) is 8. The molecule has 0 atom stereocenters. The number of nitrogens with zero attached hydrogens (tertiary/aromatic N) is 4. The molecular formula is C22H21N5O5. The molecule has 2 heterocycles. The van der Waals surface area contributed by atoms with Crippen LogP contribution in [0.15, 0.2) is 58.1 Å². The highest BCUT2D eigenvalue weighted by Crippen LogP contribution is 2.27. The third kappa shape index (κ3) is 4.43. The lowest BCUT2D eigenvalue weighted by Gasteiger charge is -2.09. The zero-order valence-corrected chi connectivity index (χ0v) is 17.6. The van der Waals surface area contributed by atoms with Crippen molar-refractivity contribution in [3.05, 3.63) is 76.4 Å². The van der Waals surface area contributed by atoms with Crippen LogP contribution in [0.3, 0.4) is 0 Å². The molecule has 4 aromatic rings. The van der Waals surface area contributed by atoms with Crippen molar-refractivity contribution in [1.29, 1.82) is 0 Å². The van der Waals surface area contributed by atoms with Gasteiger partial charge >= 0.3 is 11.8 Å². The SMILES string of the molecule is COc1ccc(CCNC(=O)c2nc(Cn3cnc4ccccc4c3=O)no2)cc1OC. The number of fused-ring (bicyclic) bond motifs is 1. The topological polar surface area (TPSA) is 121 Å². The molecule has 0 aliphatic rings. The van der Waals surface area contributed by atoms with Crippen molar-refractivity contribution < 1.29 is 18.8 Å². The average molecular weight is 435 g/mol. The van der Waals surface area contributed by atoms with Gasteiger partial charge in [-0.3, -0.25) is 14.2 Å². The highest BCUT2D eigenvalue weighted by molar-refractivity contribution is 5.89. The standard InChI is InChI=1S/C22H21N5O5/c1-30-17-8-7-14(11-18(17)31-2)9-10-23-20(28)21-25-19(26-32-21)12-27-13-24-16-6-4-3-5-15(16)22(27)29/h3-8,11,13H,9-10,12H2,1-2H3,(H,23,28). The van der Waals surface area contributed by atoms with Crippen molar-refractivity contribution in [3.8, 4) is 11.5 Å². The number of amides is 1. The maximum atomic E-state index is 12.6. The number of para-hydroxylation sites is 1. The van der Waals surface area contributed by atoms with Crippen LogP contribution in [-0.2, 0) is 13.0 Å². The Labute approximate surface area is 182 Å². The van der Waals surface area contributed by atoms with E-state index in [1.807, 2.05) is 24.3 Å². The number of carbonyl (C=O) groups is 1. The second kappa shape index (κ2) is 9.29. The molecule has 32 heavy (non-hydrogen) atoms. The van der Waals surface area contributed by atoms with Gasteiger partial charge in [-0.05, 0) is 36.2 Å². The molecule has 0 saturated heterocycles. The van der Waals surface area contributed by atoms with E-state index in [0.717, 1.165) is 5.56 Å². The Balaban J connectivity index is 1.37. The second-order valence-corrected chi connectivity index (χ2v) is 6.91. The maximum Gasteiger partial charge on any atom is 0.316 e. The lowest BCUT2D eigenvalue weighted by Crippen LogP contribution is -2.26. The molecule has 0 saturated carbocycles. The summed E-state index contributed by atoms with van der Waals surface area (Å²) in [6.45, 7) is 0.402. The van der Waals surface area contributed by atoms with Crippen LogP contribution in [-0.4, -0.2) is 46.4 Å². The van der Waals surface area contributed by atoms with Gasteiger partial charge in [0.05, 0.1) is 38.0 Å². The summed E-state index contributed by atoms with van der Waals surface area (Å²) >= 11 is 0. The molecule has 1 amide bonds. The van der Waals surface area contributed by atoms with E-state index in [0.29, 0.717) is 35.4 Å². The summed E-state index contributed by atoms with van der Waals surface area (Å²) in [5.41, 5.74) is 1.36. The minimum absolute atomic E-state index is 0.0408. The van der Waals surface area contributed by atoms with Crippen molar-refractivity contribution in [2.24, 2.45) is 0 Å². The first kappa shape index (κ1) is 21.0. The number of carbonyl (C=O) groups excluding carboxylic acids is 1. The van der Waals surface area contributed by atoms with E-state index in [9.17, 15) is 9.59 Å². The van der Waals surface area contributed by atoms with Crippen molar-refractivity contribution >= 4 is 16.8 Å². The third-order valence-electron chi connectivity index (χ3n) is 4.85. The predicted octanol–water partition coefficient (Wildman–Crippen LogP) is 1.82. The Morgan fingerprint density at radius 2 is 1.94 bits per heavy atom. The fourth-order valence-corrected chi connectivity index (χ4v) is 3.21. The van der Waals surface area contributed by atoms with E-state index in [1.165, 1.54) is 10.9 Å². The Bertz CT molecular complexity index is 1310. The van der Waals surface area contributed by atoms with Crippen LogP contribution in [0, 0.1) is 0 Å². The zero-order valence-electron chi connectivity index (χ0n) is 17.6. The summed E-state index contributed by atoms with van der Waals surface area (Å²) in [6, 6.07) is 12.6. The minimum Gasteiger partial charge on any atom is -0.493 e. The van der Waals surface area contributed by atoms with Crippen LogP contribution in [0.2, 0.25) is 0 Å². The Kier molecular flexibility index (Phi) is 6.11. The molecule has 4 rings (SSSR count). The molecule has 2 aromatic carbocycles. The van der Waals surface area contributed by atoms with E-state index in [4.69, 9.17) is 14.0 Å². The largest absolute Gasteiger partial charge is 0.493 e. The van der Waals surface area contributed by atoms with Crippen LogP contribution >= 0.6 is 0 Å². The van der Waals surface area contributed by atoms with Gasteiger partial charge in [0.25, 0.3) is 5.56 Å². The van der Waals surface area contributed by atoms with E-state index in [1.54, 1.807) is 32.4 Å². The van der Waals surface area contributed by atoms with Gasteiger partial charge in [0.2, 0.25) is 0 Å². The molecule has 0 fully saturated rings. The predicted molar refractivity (Wildman–Crippen MR) is 115 cm³/mol. The first-order valence-corrected chi connectivity index (χ1v) is 9.85. The molecule has 0 unspecified atom stereocenters. The molecule has 0 spiro atoms. The van der Waals surface area contributed by atoms with Gasteiger partial charge in [0, 0.05) is 6.54 Å². The normalized spacial score (nSPS) is 10.8. The molecule has 0 aliphatic carbocycles. The Morgan fingerprint density at radius 1 is 1.12 bits per heavy atom. The molecule has 1 N–H and O–H groups in total. The van der Waals surface area contributed by atoms with Crippen molar-refractivity contribution in [1.82, 2.24) is 25.0 Å². The number of methoxy groups -OCH3 is 2. The van der Waals surface area contributed by atoms with Crippen molar-refractivity contribution in [2.45, 2.75) is 13.0 Å². The van der Waals surface area contributed by atoms with E-state index >= 15 is 0 Å². The number of nitrogens with one attached hydrogen (secondary N) is 1. The number of hydrogen-bond donors (Lipinski definition) is 1. The first-order chi connectivity index (χ1) is 15.6. The van der Waals surface area contributed by atoms with Crippen LogP contribution in [0.1, 0.15) is 22.1 Å².